The molecular weight excluding hydrogens is 985 g/mol. The van der Waals surface area contributed by atoms with Crippen LogP contribution in [0.25, 0.3) is 0 Å². The summed E-state index contributed by atoms with van der Waals surface area (Å²) in [6.07, 6.45) is 88.2. The first-order valence-electron chi connectivity index (χ1n) is 35.3. The van der Waals surface area contributed by atoms with E-state index < -0.39 is 6.10 Å². The fourth-order valence-electron chi connectivity index (χ4n) is 10.5. The van der Waals surface area contributed by atoms with Gasteiger partial charge in [0.2, 0.25) is 0 Å². The quantitative estimate of drug-likeness (QED) is 0.0261. The highest BCUT2D eigenvalue weighted by Gasteiger charge is 2.19. The van der Waals surface area contributed by atoms with E-state index >= 15 is 0 Å². The van der Waals surface area contributed by atoms with Gasteiger partial charge in [0, 0.05) is 19.3 Å². The SMILES string of the molecule is CC/C=C\C/C=C\C/C=C\C/C=C\CCCCCCCCC(=O)OC(COC(=O)CCCCCCC/C=C\CCCCCCCCC)COC(=O)CCCCCCCCCCCCCCCCCCCCCCCCCCCCC. The van der Waals surface area contributed by atoms with Crippen LogP contribution in [0.2, 0.25) is 0 Å². The van der Waals surface area contributed by atoms with Crippen molar-refractivity contribution in [2.24, 2.45) is 0 Å². The second-order valence-corrected chi connectivity index (χ2v) is 23.8. The zero-order valence-corrected chi connectivity index (χ0v) is 53.6. The minimum Gasteiger partial charge on any atom is -0.462 e. The summed E-state index contributed by atoms with van der Waals surface area (Å²) >= 11 is 0. The molecule has 0 aliphatic heterocycles. The van der Waals surface area contributed by atoms with Gasteiger partial charge in [-0.15, -0.1) is 0 Å². The van der Waals surface area contributed by atoms with Crippen LogP contribution in [0.4, 0.5) is 0 Å². The number of hydrogen-bond acceptors (Lipinski definition) is 6. The summed E-state index contributed by atoms with van der Waals surface area (Å²) in [5.74, 6) is -0.879. The molecular formula is C74H134O6. The number of unbranched alkanes of at least 4 members (excludes halogenated alkanes) is 44. The predicted molar refractivity (Wildman–Crippen MR) is 348 cm³/mol. The van der Waals surface area contributed by atoms with Gasteiger partial charge in [-0.1, -0.05) is 332 Å². The van der Waals surface area contributed by atoms with Crippen LogP contribution in [0.15, 0.2) is 60.8 Å². The molecule has 466 valence electrons. The maximum absolute atomic E-state index is 12.9. The average molecular weight is 1120 g/mol. The third kappa shape index (κ3) is 65.9. The van der Waals surface area contributed by atoms with E-state index in [1.807, 2.05) is 0 Å². The van der Waals surface area contributed by atoms with E-state index in [-0.39, 0.29) is 31.1 Å². The summed E-state index contributed by atoms with van der Waals surface area (Å²) in [7, 11) is 0. The largest absolute Gasteiger partial charge is 0.462 e. The Morgan fingerprint density at radius 2 is 0.487 bits per heavy atom. The molecule has 0 rings (SSSR count). The lowest BCUT2D eigenvalue weighted by Crippen LogP contribution is -2.30. The van der Waals surface area contributed by atoms with Gasteiger partial charge in [0.1, 0.15) is 13.2 Å². The molecule has 0 aromatic rings. The maximum atomic E-state index is 12.9. The van der Waals surface area contributed by atoms with Crippen molar-refractivity contribution in [1.29, 1.82) is 0 Å². The molecule has 0 aromatic heterocycles. The molecule has 0 saturated carbocycles. The summed E-state index contributed by atoms with van der Waals surface area (Å²) < 4.78 is 17.0. The van der Waals surface area contributed by atoms with Gasteiger partial charge >= 0.3 is 17.9 Å². The Hall–Kier alpha value is -2.89. The molecule has 0 aliphatic carbocycles. The van der Waals surface area contributed by atoms with E-state index in [1.54, 1.807) is 0 Å². The van der Waals surface area contributed by atoms with Crippen molar-refractivity contribution in [3.8, 4) is 0 Å². The van der Waals surface area contributed by atoms with Crippen molar-refractivity contribution < 1.29 is 28.6 Å². The Kier molecular flexibility index (Phi) is 66.1. The van der Waals surface area contributed by atoms with E-state index in [1.165, 1.54) is 231 Å². The zero-order valence-electron chi connectivity index (χ0n) is 53.6. The minimum absolute atomic E-state index is 0.0792. The molecule has 0 N–H and O–H groups in total. The molecule has 0 fully saturated rings. The Morgan fingerprint density at radius 1 is 0.263 bits per heavy atom. The molecule has 6 nitrogen and oxygen atoms in total. The number of ether oxygens (including phenoxy) is 3. The van der Waals surface area contributed by atoms with E-state index in [4.69, 9.17) is 14.2 Å². The van der Waals surface area contributed by atoms with Crippen LogP contribution in [0, 0.1) is 0 Å². The van der Waals surface area contributed by atoms with Crippen molar-refractivity contribution in [3.05, 3.63) is 60.8 Å². The molecule has 80 heavy (non-hydrogen) atoms. The van der Waals surface area contributed by atoms with Crippen LogP contribution in [0.5, 0.6) is 0 Å². The van der Waals surface area contributed by atoms with Crippen molar-refractivity contribution in [1.82, 2.24) is 0 Å². The number of allylic oxidation sites excluding steroid dienone is 10. The lowest BCUT2D eigenvalue weighted by Gasteiger charge is -2.18. The van der Waals surface area contributed by atoms with E-state index in [2.05, 4.69) is 81.5 Å². The molecule has 0 heterocycles. The molecule has 0 radical (unpaired) electrons. The molecule has 1 unspecified atom stereocenters. The molecule has 0 bridgehead atoms. The number of carbonyl (C=O) groups excluding carboxylic acids is 3. The third-order valence-electron chi connectivity index (χ3n) is 15.8. The van der Waals surface area contributed by atoms with Crippen LogP contribution >= 0.6 is 0 Å². The highest BCUT2D eigenvalue weighted by atomic mass is 16.6. The maximum Gasteiger partial charge on any atom is 0.306 e. The van der Waals surface area contributed by atoms with Crippen molar-refractivity contribution in [2.45, 2.75) is 380 Å². The first-order chi connectivity index (χ1) is 39.5. The monoisotopic (exact) mass is 1120 g/mol. The summed E-state index contributed by atoms with van der Waals surface area (Å²) in [5.41, 5.74) is 0. The summed E-state index contributed by atoms with van der Waals surface area (Å²) in [6, 6.07) is 0. The molecule has 0 spiro atoms. The Balaban J connectivity index is 4.28. The topological polar surface area (TPSA) is 78.9 Å². The van der Waals surface area contributed by atoms with Gasteiger partial charge in [0.15, 0.2) is 6.10 Å². The molecule has 1 atom stereocenters. The van der Waals surface area contributed by atoms with E-state index in [0.717, 1.165) is 103 Å². The van der Waals surface area contributed by atoms with Crippen molar-refractivity contribution >= 4 is 17.9 Å². The summed E-state index contributed by atoms with van der Waals surface area (Å²) in [5, 5.41) is 0. The van der Waals surface area contributed by atoms with Gasteiger partial charge in [0.25, 0.3) is 0 Å². The molecule has 0 amide bonds. The Bertz CT molecular complexity index is 1430. The Labute approximate surface area is 498 Å². The third-order valence-corrected chi connectivity index (χ3v) is 15.8. The van der Waals surface area contributed by atoms with Gasteiger partial charge < -0.3 is 14.2 Å². The predicted octanol–water partition coefficient (Wildman–Crippen LogP) is 24.3. The van der Waals surface area contributed by atoms with Crippen LogP contribution in [0.3, 0.4) is 0 Å². The highest BCUT2D eigenvalue weighted by molar-refractivity contribution is 5.71. The lowest BCUT2D eigenvalue weighted by atomic mass is 10.0. The van der Waals surface area contributed by atoms with Gasteiger partial charge in [-0.05, 0) is 83.5 Å². The molecule has 6 heteroatoms. The van der Waals surface area contributed by atoms with Crippen LogP contribution < -0.4 is 0 Å². The smallest absolute Gasteiger partial charge is 0.306 e. The van der Waals surface area contributed by atoms with Crippen molar-refractivity contribution in [3.63, 3.8) is 0 Å². The van der Waals surface area contributed by atoms with Crippen molar-refractivity contribution in [2.75, 3.05) is 13.2 Å². The average Bonchev–Trinajstić information content (AvgIpc) is 3.46. The zero-order chi connectivity index (χ0) is 57.8. The van der Waals surface area contributed by atoms with Crippen LogP contribution in [0.1, 0.15) is 374 Å². The van der Waals surface area contributed by atoms with Crippen LogP contribution in [-0.4, -0.2) is 37.2 Å². The highest BCUT2D eigenvalue weighted by Crippen LogP contribution is 2.18. The fourth-order valence-corrected chi connectivity index (χ4v) is 10.5. The Morgan fingerprint density at radius 3 is 0.775 bits per heavy atom. The first kappa shape index (κ1) is 77.1. The molecule has 0 aliphatic rings. The summed E-state index contributed by atoms with van der Waals surface area (Å²) in [6.45, 7) is 6.57. The molecule has 0 saturated heterocycles. The standard InChI is InChI=1S/C74H134O6/c1-4-7-10-13-16-19-22-25-28-31-33-34-35-36-37-38-39-40-42-43-46-49-52-55-58-61-64-67-73(76)79-70-71(69-78-72(75)66-63-60-57-54-51-48-45-30-27-24-21-18-15-12-9-6-3)80-74(77)68-65-62-59-56-53-50-47-44-41-32-29-26-23-20-17-14-11-8-5-2/h8,11,17,20,26,29-30,41,44-45,71H,4-7,9-10,12-16,18-19,21-25,27-28,31-40,42-43,46-70H2,1-3H3/b11-8-,20-17-,29-26-,44-41-,45-30-. The number of hydrogen-bond donors (Lipinski definition) is 0. The second kappa shape index (κ2) is 68.6. The van der Waals surface area contributed by atoms with E-state index in [9.17, 15) is 14.4 Å². The minimum atomic E-state index is -0.786. The fraction of sp³-hybridized carbons (Fsp3) is 0.824. The van der Waals surface area contributed by atoms with E-state index in [0.29, 0.717) is 19.3 Å². The molecule has 0 aromatic carbocycles. The lowest BCUT2D eigenvalue weighted by molar-refractivity contribution is -0.167. The second-order valence-electron chi connectivity index (χ2n) is 23.8. The van der Waals surface area contributed by atoms with Gasteiger partial charge in [0.05, 0.1) is 0 Å². The number of carbonyl (C=O) groups is 3. The number of rotatable bonds is 65. The van der Waals surface area contributed by atoms with Gasteiger partial charge in [-0.25, -0.2) is 0 Å². The first-order valence-corrected chi connectivity index (χ1v) is 35.3. The van der Waals surface area contributed by atoms with Gasteiger partial charge in [-0.3, -0.25) is 14.4 Å². The summed E-state index contributed by atoms with van der Waals surface area (Å²) in [4.78, 5) is 38.4. The van der Waals surface area contributed by atoms with Crippen LogP contribution in [-0.2, 0) is 28.6 Å². The number of esters is 3. The van der Waals surface area contributed by atoms with Gasteiger partial charge in [-0.2, -0.15) is 0 Å². The normalized spacial score (nSPS) is 12.4.